The molecule has 0 radical (unpaired) electrons. The molecule has 0 nitrogen and oxygen atoms in total. The van der Waals surface area contributed by atoms with Crippen molar-refractivity contribution in [2.24, 2.45) is 0 Å². The molecule has 0 aliphatic heterocycles. The zero-order chi connectivity index (χ0) is 35.0. The van der Waals surface area contributed by atoms with Crippen molar-refractivity contribution in [3.63, 3.8) is 0 Å². The Morgan fingerprint density at radius 1 is 0.283 bits per heavy atom. The molecule has 0 amide bonds. The van der Waals surface area contributed by atoms with E-state index in [9.17, 15) is 0 Å². The van der Waals surface area contributed by atoms with Crippen LogP contribution in [0.5, 0.6) is 0 Å². The van der Waals surface area contributed by atoms with Gasteiger partial charge in [0, 0.05) is 5.41 Å². The summed E-state index contributed by atoms with van der Waals surface area (Å²) in [6.45, 7) is 4.82. The smallest absolute Gasteiger partial charge is 0.0159 e. The topological polar surface area (TPSA) is 0 Å². The molecule has 0 unspecified atom stereocenters. The zero-order valence-electron chi connectivity index (χ0n) is 29.7. The van der Waals surface area contributed by atoms with E-state index < -0.39 is 0 Å². The average Bonchev–Trinajstić information content (AvgIpc) is 3.65. The van der Waals surface area contributed by atoms with Gasteiger partial charge in [0.05, 0.1) is 0 Å². The van der Waals surface area contributed by atoms with Crippen molar-refractivity contribution in [1.82, 2.24) is 0 Å². The van der Waals surface area contributed by atoms with E-state index in [0.29, 0.717) is 0 Å². The fourth-order valence-corrected chi connectivity index (χ4v) is 10.0. The van der Waals surface area contributed by atoms with Gasteiger partial charge in [-0.05, 0) is 139 Å². The highest BCUT2D eigenvalue weighted by Gasteiger charge is 2.36. The molecule has 0 N–H and O–H groups in total. The molecule has 10 aromatic rings. The summed E-state index contributed by atoms with van der Waals surface area (Å²) in [4.78, 5) is 0. The molecule has 2 aliphatic carbocycles. The molecule has 246 valence electrons. The first kappa shape index (κ1) is 29.1. The number of benzene rings is 10. The van der Waals surface area contributed by atoms with Crippen molar-refractivity contribution in [1.29, 1.82) is 0 Å². The van der Waals surface area contributed by atoms with Crippen LogP contribution < -0.4 is 0 Å². The van der Waals surface area contributed by atoms with Crippen LogP contribution in [0.3, 0.4) is 0 Å². The van der Waals surface area contributed by atoms with Gasteiger partial charge in [-0.3, -0.25) is 0 Å². The lowest BCUT2D eigenvalue weighted by Crippen LogP contribution is -2.15. The Balaban J connectivity index is 1.02. The van der Waals surface area contributed by atoms with Crippen LogP contribution in [0.2, 0.25) is 0 Å². The quantitative estimate of drug-likeness (QED) is 0.161. The molecule has 53 heavy (non-hydrogen) atoms. The van der Waals surface area contributed by atoms with Gasteiger partial charge < -0.3 is 0 Å². The minimum Gasteiger partial charge on any atom is -0.0616 e. The van der Waals surface area contributed by atoms with Crippen LogP contribution in [0.4, 0.5) is 0 Å². The molecular weight excluding hydrogens is 637 g/mol. The van der Waals surface area contributed by atoms with Crippen LogP contribution in [0.1, 0.15) is 25.0 Å². The van der Waals surface area contributed by atoms with Crippen molar-refractivity contribution in [2.45, 2.75) is 19.3 Å². The second-order valence-corrected chi connectivity index (χ2v) is 15.6. The Hall–Kier alpha value is -6.50. The molecular formula is C53H34. The third kappa shape index (κ3) is 3.85. The maximum absolute atomic E-state index is 2.49. The van der Waals surface area contributed by atoms with Crippen LogP contribution >= 0.6 is 0 Å². The summed E-state index contributed by atoms with van der Waals surface area (Å²) in [5.41, 5.74) is 15.9. The second-order valence-electron chi connectivity index (χ2n) is 15.6. The second kappa shape index (κ2) is 10.3. The molecule has 0 spiro atoms. The highest BCUT2D eigenvalue weighted by Crippen LogP contribution is 2.53. The predicted octanol–water partition coefficient (Wildman–Crippen LogP) is 14.7. The van der Waals surface area contributed by atoms with Crippen molar-refractivity contribution >= 4 is 53.9 Å². The number of fused-ring (bicyclic) bond motifs is 13. The summed E-state index contributed by atoms with van der Waals surface area (Å²) in [7, 11) is 0. The third-order valence-electron chi connectivity index (χ3n) is 12.6. The van der Waals surface area contributed by atoms with E-state index in [2.05, 4.69) is 184 Å². The first-order chi connectivity index (χ1) is 26.0. The van der Waals surface area contributed by atoms with Gasteiger partial charge in [-0.25, -0.2) is 0 Å². The Kier molecular flexibility index (Phi) is 5.66. The van der Waals surface area contributed by atoms with Crippen LogP contribution in [0.25, 0.3) is 109 Å². The molecule has 10 aromatic carbocycles. The number of hydrogen-bond donors (Lipinski definition) is 0. The molecule has 0 heterocycles. The number of hydrogen-bond acceptors (Lipinski definition) is 0. The monoisotopic (exact) mass is 670 g/mol. The van der Waals surface area contributed by atoms with E-state index in [1.165, 1.54) is 121 Å². The van der Waals surface area contributed by atoms with Gasteiger partial charge in [-0.1, -0.05) is 166 Å². The average molecular weight is 671 g/mol. The molecule has 0 fully saturated rings. The van der Waals surface area contributed by atoms with Gasteiger partial charge in [-0.15, -0.1) is 0 Å². The molecule has 0 heteroatoms. The number of rotatable bonds is 2. The highest BCUT2D eigenvalue weighted by atomic mass is 14.4. The Morgan fingerprint density at radius 3 is 1.51 bits per heavy atom. The summed E-state index contributed by atoms with van der Waals surface area (Å²) in [5, 5.41) is 13.1. The van der Waals surface area contributed by atoms with Gasteiger partial charge in [0.1, 0.15) is 0 Å². The van der Waals surface area contributed by atoms with Gasteiger partial charge >= 0.3 is 0 Å². The van der Waals surface area contributed by atoms with Gasteiger partial charge in [0.15, 0.2) is 0 Å². The molecule has 0 aromatic heterocycles. The van der Waals surface area contributed by atoms with Crippen LogP contribution in [0.15, 0.2) is 170 Å². The van der Waals surface area contributed by atoms with Crippen LogP contribution in [-0.2, 0) is 5.41 Å². The van der Waals surface area contributed by atoms with Gasteiger partial charge in [0.2, 0.25) is 0 Å². The van der Waals surface area contributed by atoms with Crippen LogP contribution in [-0.4, -0.2) is 0 Å². The summed E-state index contributed by atoms with van der Waals surface area (Å²) in [6, 6.07) is 64.1. The van der Waals surface area contributed by atoms with Crippen LogP contribution in [0, 0.1) is 0 Å². The van der Waals surface area contributed by atoms with E-state index in [1.807, 2.05) is 0 Å². The maximum atomic E-state index is 2.49. The van der Waals surface area contributed by atoms with Crippen molar-refractivity contribution in [3.8, 4) is 55.6 Å². The Morgan fingerprint density at radius 2 is 0.774 bits per heavy atom. The predicted molar refractivity (Wildman–Crippen MR) is 227 cm³/mol. The normalized spacial score (nSPS) is 13.6. The molecule has 0 saturated heterocycles. The zero-order valence-corrected chi connectivity index (χ0v) is 29.7. The lowest BCUT2D eigenvalue weighted by molar-refractivity contribution is 0.661. The van der Waals surface area contributed by atoms with Crippen molar-refractivity contribution < 1.29 is 0 Å². The minimum absolute atomic E-state index is 0.153. The van der Waals surface area contributed by atoms with Gasteiger partial charge in [0.25, 0.3) is 0 Å². The summed E-state index contributed by atoms with van der Waals surface area (Å²) in [6.07, 6.45) is 0. The summed E-state index contributed by atoms with van der Waals surface area (Å²) in [5.74, 6) is 0. The summed E-state index contributed by atoms with van der Waals surface area (Å²) >= 11 is 0. The van der Waals surface area contributed by atoms with Crippen molar-refractivity contribution in [3.05, 3.63) is 181 Å². The molecule has 12 rings (SSSR count). The van der Waals surface area contributed by atoms with E-state index in [1.54, 1.807) is 0 Å². The first-order valence-electron chi connectivity index (χ1n) is 18.8. The molecule has 0 saturated carbocycles. The van der Waals surface area contributed by atoms with Gasteiger partial charge in [-0.2, -0.15) is 0 Å². The Bertz CT molecular complexity index is 3220. The highest BCUT2D eigenvalue weighted by molar-refractivity contribution is 6.24. The Labute approximate surface area is 308 Å². The fourth-order valence-electron chi connectivity index (χ4n) is 10.0. The molecule has 2 aliphatic rings. The minimum atomic E-state index is -0.153. The van der Waals surface area contributed by atoms with E-state index in [4.69, 9.17) is 0 Å². The SMILES string of the molecule is CC1(C)c2cc(-c3ccc4c5c(cccc35)-c3ccccc3-4)ccc2-c2ccc(-c3cc4c(ccc5c6ccccc6ccc54)c4ccccc34)cc21. The van der Waals surface area contributed by atoms with Crippen molar-refractivity contribution in [2.75, 3.05) is 0 Å². The molecule has 0 atom stereocenters. The fraction of sp³-hybridized carbons (Fsp3) is 0.0566. The summed E-state index contributed by atoms with van der Waals surface area (Å²) < 4.78 is 0. The van der Waals surface area contributed by atoms with E-state index in [-0.39, 0.29) is 5.41 Å². The van der Waals surface area contributed by atoms with E-state index in [0.717, 1.165) is 0 Å². The largest absolute Gasteiger partial charge is 0.0616 e. The van der Waals surface area contributed by atoms with E-state index >= 15 is 0 Å². The lowest BCUT2D eigenvalue weighted by Gasteiger charge is -2.23. The standard InChI is InChI=1S/C53H34/c1-53(2)50-28-32(35-24-27-47-38-14-7-6-13-37(38)46-17-9-16-45(35)52(46)47)19-22-43(50)44-23-20-33(29-51(44)53)48-30-49-41-21-18-31-10-3-4-11-34(31)40(41)25-26-42(49)36-12-5-8-15-39(36)48/h3-30H,1-2H3. The third-order valence-corrected chi connectivity index (χ3v) is 12.6. The first-order valence-corrected chi connectivity index (χ1v) is 18.8. The lowest BCUT2D eigenvalue weighted by atomic mass is 9.80. The molecule has 0 bridgehead atoms. The maximum Gasteiger partial charge on any atom is 0.0159 e.